The number of carbonyl (C=O) groups is 1. The largest absolute Gasteiger partial charge is 0.393 e. The molecule has 2 saturated heterocycles. The second kappa shape index (κ2) is 4.25. The molecule has 2 heterocycles. The maximum absolute atomic E-state index is 12.3. The third-order valence-corrected chi connectivity index (χ3v) is 5.04. The highest BCUT2D eigenvalue weighted by atomic mass is 16.3. The van der Waals surface area contributed by atoms with E-state index in [1.165, 1.54) is 0 Å². The molecule has 1 aliphatic carbocycles. The molecule has 4 unspecified atom stereocenters. The molecule has 0 spiro atoms. The van der Waals surface area contributed by atoms with E-state index in [4.69, 9.17) is 0 Å². The van der Waals surface area contributed by atoms with Gasteiger partial charge in [-0.15, -0.1) is 0 Å². The Morgan fingerprint density at radius 1 is 1.35 bits per heavy atom. The highest BCUT2D eigenvalue weighted by Crippen LogP contribution is 2.38. The molecule has 96 valence electrons. The fourth-order valence-electron chi connectivity index (χ4n) is 3.57. The average Bonchev–Trinajstić information content (AvgIpc) is 2.77. The molecule has 0 bridgehead atoms. The first-order valence-electron chi connectivity index (χ1n) is 6.84. The number of likely N-dealkylation sites (tertiary alicyclic amines) is 1. The number of hydrogen-bond acceptors (Lipinski definition) is 3. The Bertz CT molecular complexity index is 317. The molecule has 0 aromatic rings. The van der Waals surface area contributed by atoms with E-state index in [2.05, 4.69) is 12.2 Å². The van der Waals surface area contributed by atoms with E-state index >= 15 is 0 Å². The van der Waals surface area contributed by atoms with E-state index in [1.54, 1.807) is 0 Å². The van der Waals surface area contributed by atoms with Crippen LogP contribution >= 0.6 is 0 Å². The Kier molecular flexibility index (Phi) is 2.87. The van der Waals surface area contributed by atoms with Crippen molar-refractivity contribution < 1.29 is 9.90 Å². The van der Waals surface area contributed by atoms with Crippen LogP contribution in [-0.2, 0) is 4.79 Å². The van der Waals surface area contributed by atoms with Gasteiger partial charge in [0.15, 0.2) is 0 Å². The second-order valence-corrected chi connectivity index (χ2v) is 6.02. The molecule has 0 aromatic heterocycles. The number of hydrogen-bond donors (Lipinski definition) is 2. The summed E-state index contributed by atoms with van der Waals surface area (Å²) in [6, 6.07) is 0. The second-order valence-electron chi connectivity index (χ2n) is 6.02. The van der Waals surface area contributed by atoms with Gasteiger partial charge in [0, 0.05) is 24.9 Å². The highest BCUT2D eigenvalue weighted by Gasteiger charge is 2.44. The minimum Gasteiger partial charge on any atom is -0.393 e. The summed E-state index contributed by atoms with van der Waals surface area (Å²) in [5, 5.41) is 13.1. The first kappa shape index (κ1) is 11.5. The molecule has 3 fully saturated rings. The van der Waals surface area contributed by atoms with Crippen molar-refractivity contribution in [2.24, 2.45) is 23.7 Å². The van der Waals surface area contributed by atoms with Crippen LogP contribution in [0, 0.1) is 23.7 Å². The lowest BCUT2D eigenvalue weighted by molar-refractivity contribution is -0.136. The van der Waals surface area contributed by atoms with Gasteiger partial charge in [-0.25, -0.2) is 0 Å². The van der Waals surface area contributed by atoms with Crippen LogP contribution in [0.4, 0.5) is 0 Å². The fraction of sp³-hybridized carbons (Fsp3) is 0.923. The van der Waals surface area contributed by atoms with Gasteiger partial charge in [0.25, 0.3) is 0 Å². The van der Waals surface area contributed by atoms with Crippen molar-refractivity contribution in [3.63, 3.8) is 0 Å². The Hall–Kier alpha value is -0.610. The van der Waals surface area contributed by atoms with Crippen LogP contribution in [0.5, 0.6) is 0 Å². The first-order chi connectivity index (χ1) is 8.16. The SMILES string of the molecule is CC(C(=O)N1CC2CCC(O)C2C1)C1CNC1. The number of rotatable bonds is 2. The Morgan fingerprint density at radius 3 is 2.71 bits per heavy atom. The standard InChI is InChI=1S/C13H22N2O2/c1-8(10-4-14-5-10)13(17)15-6-9-2-3-12(16)11(9)7-15/h8-12,14,16H,2-7H2,1H3. The van der Waals surface area contributed by atoms with Crippen LogP contribution < -0.4 is 5.32 Å². The third-order valence-electron chi connectivity index (χ3n) is 5.04. The van der Waals surface area contributed by atoms with Crippen molar-refractivity contribution in [3.05, 3.63) is 0 Å². The lowest BCUT2D eigenvalue weighted by atomic mass is 9.88. The molecule has 3 rings (SSSR count). The van der Waals surface area contributed by atoms with Crippen LogP contribution in [0.25, 0.3) is 0 Å². The molecule has 1 saturated carbocycles. The first-order valence-corrected chi connectivity index (χ1v) is 6.84. The van der Waals surface area contributed by atoms with Gasteiger partial charge in [0.2, 0.25) is 5.91 Å². The molecule has 4 nitrogen and oxygen atoms in total. The Labute approximate surface area is 102 Å². The minimum absolute atomic E-state index is 0.146. The van der Waals surface area contributed by atoms with Gasteiger partial charge in [-0.1, -0.05) is 6.92 Å². The maximum atomic E-state index is 12.3. The molecule has 0 aromatic carbocycles. The summed E-state index contributed by atoms with van der Waals surface area (Å²) >= 11 is 0. The van der Waals surface area contributed by atoms with Crippen LogP contribution in [0.1, 0.15) is 19.8 Å². The summed E-state index contributed by atoms with van der Waals surface area (Å²) in [6.45, 7) is 5.69. The van der Waals surface area contributed by atoms with Crippen LogP contribution in [0.15, 0.2) is 0 Å². The summed E-state index contributed by atoms with van der Waals surface area (Å²) in [4.78, 5) is 14.3. The van der Waals surface area contributed by atoms with Crippen molar-refractivity contribution in [2.45, 2.75) is 25.9 Å². The molecule has 4 heteroatoms. The van der Waals surface area contributed by atoms with Gasteiger partial charge in [-0.2, -0.15) is 0 Å². The van der Waals surface area contributed by atoms with Crippen LogP contribution in [0.3, 0.4) is 0 Å². The van der Waals surface area contributed by atoms with E-state index in [1.807, 2.05) is 4.90 Å². The molecule has 4 atom stereocenters. The molecule has 2 aliphatic heterocycles. The summed E-state index contributed by atoms with van der Waals surface area (Å²) < 4.78 is 0. The monoisotopic (exact) mass is 238 g/mol. The zero-order chi connectivity index (χ0) is 12.0. The van der Waals surface area contributed by atoms with Gasteiger partial charge < -0.3 is 15.3 Å². The Morgan fingerprint density at radius 2 is 2.12 bits per heavy atom. The average molecular weight is 238 g/mol. The number of carbonyl (C=O) groups excluding carboxylic acids is 1. The van der Waals surface area contributed by atoms with Crippen molar-refractivity contribution in [2.75, 3.05) is 26.2 Å². The number of nitrogens with one attached hydrogen (secondary N) is 1. The molecule has 17 heavy (non-hydrogen) atoms. The molecular formula is C13H22N2O2. The fourth-order valence-corrected chi connectivity index (χ4v) is 3.57. The minimum atomic E-state index is -0.168. The smallest absolute Gasteiger partial charge is 0.225 e. The number of nitrogens with zero attached hydrogens (tertiary/aromatic N) is 1. The number of fused-ring (bicyclic) bond motifs is 1. The Balaban J connectivity index is 1.60. The lowest BCUT2D eigenvalue weighted by Crippen LogP contribution is -2.50. The summed E-state index contributed by atoms with van der Waals surface area (Å²) in [5.41, 5.74) is 0. The summed E-state index contributed by atoms with van der Waals surface area (Å²) in [5.74, 6) is 1.88. The predicted octanol–water partition coefficient (Wildman–Crippen LogP) is 0.0712. The summed E-state index contributed by atoms with van der Waals surface area (Å²) in [6.07, 6.45) is 1.85. The third kappa shape index (κ3) is 1.87. The van der Waals surface area contributed by atoms with Crippen LogP contribution in [-0.4, -0.2) is 48.2 Å². The number of amides is 1. The van der Waals surface area contributed by atoms with Crippen LogP contribution in [0.2, 0.25) is 0 Å². The molecule has 2 N–H and O–H groups in total. The topological polar surface area (TPSA) is 52.6 Å². The number of aliphatic hydroxyl groups excluding tert-OH is 1. The zero-order valence-electron chi connectivity index (χ0n) is 10.4. The quantitative estimate of drug-likeness (QED) is 0.716. The number of aliphatic hydroxyl groups is 1. The van der Waals surface area contributed by atoms with Gasteiger partial charge in [0.1, 0.15) is 0 Å². The van der Waals surface area contributed by atoms with E-state index in [0.717, 1.165) is 39.0 Å². The highest BCUT2D eigenvalue weighted by molar-refractivity contribution is 5.79. The summed E-state index contributed by atoms with van der Waals surface area (Å²) in [7, 11) is 0. The van der Waals surface area contributed by atoms with E-state index in [9.17, 15) is 9.90 Å². The van der Waals surface area contributed by atoms with E-state index < -0.39 is 0 Å². The molecular weight excluding hydrogens is 216 g/mol. The van der Waals surface area contributed by atoms with Crippen molar-refractivity contribution in [3.8, 4) is 0 Å². The van der Waals surface area contributed by atoms with Crippen molar-refractivity contribution in [1.82, 2.24) is 10.2 Å². The van der Waals surface area contributed by atoms with Gasteiger partial charge in [-0.3, -0.25) is 4.79 Å². The normalized spacial score (nSPS) is 38.9. The molecule has 3 aliphatic rings. The van der Waals surface area contributed by atoms with Gasteiger partial charge >= 0.3 is 0 Å². The zero-order valence-corrected chi connectivity index (χ0v) is 10.4. The maximum Gasteiger partial charge on any atom is 0.225 e. The van der Waals surface area contributed by atoms with Crippen molar-refractivity contribution in [1.29, 1.82) is 0 Å². The molecule has 0 radical (unpaired) electrons. The van der Waals surface area contributed by atoms with E-state index in [0.29, 0.717) is 23.7 Å². The van der Waals surface area contributed by atoms with Crippen molar-refractivity contribution >= 4 is 5.91 Å². The predicted molar refractivity (Wildman–Crippen MR) is 64.3 cm³/mol. The van der Waals surface area contributed by atoms with Gasteiger partial charge in [-0.05, 0) is 37.8 Å². The van der Waals surface area contributed by atoms with E-state index in [-0.39, 0.29) is 12.0 Å². The lowest BCUT2D eigenvalue weighted by Gasteiger charge is -2.34. The van der Waals surface area contributed by atoms with Gasteiger partial charge in [0.05, 0.1) is 6.10 Å². The molecule has 1 amide bonds.